The largest absolute Gasteiger partial charge is 0.398 e. The molecule has 0 saturated heterocycles. The number of anilines is 2. The van der Waals surface area contributed by atoms with Crippen LogP contribution < -0.4 is 10.6 Å². The number of hydrogen-bond donors (Lipinski definition) is 1. The average molecular weight is 275 g/mol. The van der Waals surface area contributed by atoms with Gasteiger partial charge in [0.15, 0.2) is 0 Å². The Bertz CT molecular complexity index is 805. The van der Waals surface area contributed by atoms with Gasteiger partial charge in [0.1, 0.15) is 5.82 Å². The summed E-state index contributed by atoms with van der Waals surface area (Å²) in [5.74, 6) is 1.06. The van der Waals surface area contributed by atoms with Gasteiger partial charge in [0.2, 0.25) is 0 Å². The third kappa shape index (κ3) is 2.02. The molecular formula is C18H17N3. The molecule has 0 bridgehead atoms. The average Bonchev–Trinajstić information content (AvgIpc) is 2.54. The Balaban J connectivity index is 1.79. The maximum atomic E-state index is 6.15. The third-order valence-corrected chi connectivity index (χ3v) is 4.26. The zero-order valence-electron chi connectivity index (χ0n) is 11.8. The quantitative estimate of drug-likeness (QED) is 0.692. The second-order valence-electron chi connectivity index (χ2n) is 5.51. The monoisotopic (exact) mass is 275 g/mol. The van der Waals surface area contributed by atoms with Gasteiger partial charge in [-0.05, 0) is 35.1 Å². The smallest absolute Gasteiger partial charge is 0.136 e. The van der Waals surface area contributed by atoms with E-state index >= 15 is 0 Å². The summed E-state index contributed by atoms with van der Waals surface area (Å²) in [5.41, 5.74) is 9.65. The summed E-state index contributed by atoms with van der Waals surface area (Å²) in [6.07, 6.45) is 2.91. The molecule has 21 heavy (non-hydrogen) atoms. The Morgan fingerprint density at radius 2 is 1.90 bits per heavy atom. The number of nitrogens with zero attached hydrogens (tertiary/aromatic N) is 2. The van der Waals surface area contributed by atoms with Crippen LogP contribution in [0.3, 0.4) is 0 Å². The number of rotatable bonds is 1. The van der Waals surface area contributed by atoms with Crippen molar-refractivity contribution in [2.45, 2.75) is 13.0 Å². The van der Waals surface area contributed by atoms with Crippen molar-refractivity contribution in [2.24, 2.45) is 0 Å². The highest BCUT2D eigenvalue weighted by molar-refractivity contribution is 5.92. The maximum Gasteiger partial charge on any atom is 0.136 e. The minimum absolute atomic E-state index is 0.836. The molecule has 1 aliphatic heterocycles. The van der Waals surface area contributed by atoms with E-state index in [0.717, 1.165) is 31.0 Å². The summed E-state index contributed by atoms with van der Waals surface area (Å²) < 4.78 is 0. The number of nitrogen functional groups attached to an aromatic ring is 1. The molecule has 4 rings (SSSR count). The fourth-order valence-electron chi connectivity index (χ4n) is 3.14. The summed E-state index contributed by atoms with van der Waals surface area (Å²) in [5, 5.41) is 2.44. The molecule has 1 aromatic heterocycles. The van der Waals surface area contributed by atoms with Crippen LogP contribution in [0.25, 0.3) is 10.8 Å². The summed E-state index contributed by atoms with van der Waals surface area (Å²) in [6.45, 7) is 1.82. The van der Waals surface area contributed by atoms with E-state index in [-0.39, 0.29) is 0 Å². The second kappa shape index (κ2) is 4.77. The number of nitrogens with two attached hydrogens (primary N) is 1. The molecule has 0 aliphatic carbocycles. The molecule has 3 nitrogen and oxygen atoms in total. The number of fused-ring (bicyclic) bond motifs is 2. The van der Waals surface area contributed by atoms with Gasteiger partial charge in [-0.1, -0.05) is 36.4 Å². The van der Waals surface area contributed by atoms with Crippen molar-refractivity contribution in [1.82, 2.24) is 4.98 Å². The third-order valence-electron chi connectivity index (χ3n) is 4.26. The van der Waals surface area contributed by atoms with Crippen molar-refractivity contribution in [3.8, 4) is 0 Å². The summed E-state index contributed by atoms with van der Waals surface area (Å²) in [7, 11) is 0. The highest BCUT2D eigenvalue weighted by Gasteiger charge is 2.20. The molecular weight excluding hydrogens is 258 g/mol. The van der Waals surface area contributed by atoms with Crippen LogP contribution in [0, 0.1) is 0 Å². The first-order valence-corrected chi connectivity index (χ1v) is 7.28. The predicted molar refractivity (Wildman–Crippen MR) is 87.4 cm³/mol. The molecule has 3 aromatic rings. The van der Waals surface area contributed by atoms with Gasteiger partial charge in [0.05, 0.1) is 0 Å². The number of aromatic nitrogens is 1. The number of hydrogen-bond acceptors (Lipinski definition) is 3. The molecule has 0 radical (unpaired) electrons. The predicted octanol–water partition coefficient (Wildman–Crippen LogP) is 3.38. The van der Waals surface area contributed by atoms with E-state index in [0.29, 0.717) is 0 Å². The lowest BCUT2D eigenvalue weighted by Gasteiger charge is -2.31. The van der Waals surface area contributed by atoms with Crippen LogP contribution in [0.1, 0.15) is 11.1 Å². The summed E-state index contributed by atoms with van der Waals surface area (Å²) in [4.78, 5) is 6.95. The number of pyridine rings is 1. The van der Waals surface area contributed by atoms with E-state index in [9.17, 15) is 0 Å². The highest BCUT2D eigenvalue weighted by atomic mass is 15.2. The SMILES string of the molecule is Nc1cccc2c1CN(c1nccc3ccccc13)CC2. The van der Waals surface area contributed by atoms with E-state index in [1.807, 2.05) is 18.3 Å². The van der Waals surface area contributed by atoms with Crippen molar-refractivity contribution < 1.29 is 0 Å². The van der Waals surface area contributed by atoms with Crippen LogP contribution >= 0.6 is 0 Å². The molecule has 2 heterocycles. The molecule has 0 atom stereocenters. The molecule has 2 aromatic carbocycles. The molecule has 0 unspecified atom stereocenters. The van der Waals surface area contributed by atoms with E-state index < -0.39 is 0 Å². The van der Waals surface area contributed by atoms with Crippen LogP contribution in [-0.2, 0) is 13.0 Å². The molecule has 0 amide bonds. The summed E-state index contributed by atoms with van der Waals surface area (Å²) in [6, 6.07) is 16.7. The molecule has 0 spiro atoms. The Morgan fingerprint density at radius 1 is 1.00 bits per heavy atom. The lowest BCUT2D eigenvalue weighted by atomic mass is 9.98. The molecule has 2 N–H and O–H groups in total. The van der Waals surface area contributed by atoms with Crippen molar-refractivity contribution in [3.63, 3.8) is 0 Å². The first-order chi connectivity index (χ1) is 10.3. The fraction of sp³-hybridized carbons (Fsp3) is 0.167. The Hall–Kier alpha value is -2.55. The van der Waals surface area contributed by atoms with Crippen LogP contribution in [-0.4, -0.2) is 11.5 Å². The van der Waals surface area contributed by atoms with E-state index in [1.165, 1.54) is 21.9 Å². The van der Waals surface area contributed by atoms with Gasteiger partial charge >= 0.3 is 0 Å². The first-order valence-electron chi connectivity index (χ1n) is 7.28. The maximum absolute atomic E-state index is 6.15. The van der Waals surface area contributed by atoms with E-state index in [2.05, 4.69) is 46.3 Å². The first kappa shape index (κ1) is 12.2. The Morgan fingerprint density at radius 3 is 2.86 bits per heavy atom. The van der Waals surface area contributed by atoms with Crippen molar-refractivity contribution in [1.29, 1.82) is 0 Å². The Kier molecular flexibility index (Phi) is 2.78. The second-order valence-corrected chi connectivity index (χ2v) is 5.51. The number of benzene rings is 2. The molecule has 0 saturated carbocycles. The topological polar surface area (TPSA) is 42.1 Å². The van der Waals surface area contributed by atoms with Crippen LogP contribution in [0.4, 0.5) is 11.5 Å². The van der Waals surface area contributed by atoms with Gasteiger partial charge in [0, 0.05) is 30.4 Å². The van der Waals surface area contributed by atoms with Gasteiger partial charge in [-0.3, -0.25) is 0 Å². The van der Waals surface area contributed by atoms with Crippen LogP contribution in [0.2, 0.25) is 0 Å². The van der Waals surface area contributed by atoms with Crippen LogP contribution in [0.5, 0.6) is 0 Å². The summed E-state index contributed by atoms with van der Waals surface area (Å²) >= 11 is 0. The van der Waals surface area contributed by atoms with Gasteiger partial charge < -0.3 is 10.6 Å². The normalized spacial score (nSPS) is 14.2. The standard InChI is InChI=1S/C18H17N3/c19-17-7-3-5-14-9-11-21(12-16(14)17)18-15-6-2-1-4-13(15)8-10-20-18/h1-8,10H,9,11-12,19H2. The fourth-order valence-corrected chi connectivity index (χ4v) is 3.14. The highest BCUT2D eigenvalue weighted by Crippen LogP contribution is 2.30. The van der Waals surface area contributed by atoms with E-state index in [4.69, 9.17) is 5.73 Å². The van der Waals surface area contributed by atoms with Crippen molar-refractivity contribution in [3.05, 3.63) is 65.9 Å². The molecule has 104 valence electrons. The van der Waals surface area contributed by atoms with Crippen molar-refractivity contribution in [2.75, 3.05) is 17.2 Å². The van der Waals surface area contributed by atoms with Crippen LogP contribution in [0.15, 0.2) is 54.7 Å². The van der Waals surface area contributed by atoms with E-state index in [1.54, 1.807) is 0 Å². The lowest BCUT2D eigenvalue weighted by Crippen LogP contribution is -2.31. The molecule has 0 fully saturated rings. The molecule has 1 aliphatic rings. The Labute approximate surface area is 124 Å². The van der Waals surface area contributed by atoms with Gasteiger partial charge in [0.25, 0.3) is 0 Å². The minimum Gasteiger partial charge on any atom is -0.398 e. The molecule has 3 heteroatoms. The van der Waals surface area contributed by atoms with Gasteiger partial charge in [-0.2, -0.15) is 0 Å². The van der Waals surface area contributed by atoms with Gasteiger partial charge in [-0.25, -0.2) is 4.98 Å². The lowest BCUT2D eigenvalue weighted by molar-refractivity contribution is 0.726. The zero-order valence-corrected chi connectivity index (χ0v) is 11.8. The van der Waals surface area contributed by atoms with Gasteiger partial charge in [-0.15, -0.1) is 0 Å². The zero-order chi connectivity index (χ0) is 14.2. The minimum atomic E-state index is 0.836. The van der Waals surface area contributed by atoms with Crippen molar-refractivity contribution >= 4 is 22.3 Å².